The highest BCUT2D eigenvalue weighted by Gasteiger charge is 2.33. The van der Waals surface area contributed by atoms with E-state index in [1.807, 2.05) is 0 Å². The van der Waals surface area contributed by atoms with E-state index >= 15 is 0 Å². The summed E-state index contributed by atoms with van der Waals surface area (Å²) in [6, 6.07) is 0. The Kier molecular flexibility index (Phi) is 5.65. The summed E-state index contributed by atoms with van der Waals surface area (Å²) in [5.41, 5.74) is -0.818. The first kappa shape index (κ1) is 13.2. The highest BCUT2D eigenvalue weighted by molar-refractivity contribution is 9.09. The number of thiol groups is 1. The van der Waals surface area contributed by atoms with Gasteiger partial charge in [0.25, 0.3) is 3.67 Å². The monoisotopic (exact) mass is 314 g/mol. The van der Waals surface area contributed by atoms with Gasteiger partial charge in [-0.05, 0) is 6.92 Å². The van der Waals surface area contributed by atoms with Gasteiger partial charge in [-0.2, -0.15) is 0 Å². The van der Waals surface area contributed by atoms with Gasteiger partial charge in [-0.15, -0.1) is 12.6 Å². The first-order chi connectivity index (χ1) is 5.25. The predicted molar refractivity (Wildman–Crippen MR) is 57.5 cm³/mol. The van der Waals surface area contributed by atoms with Gasteiger partial charge < -0.3 is 4.74 Å². The van der Waals surface area contributed by atoms with Crippen LogP contribution < -0.4 is 0 Å². The van der Waals surface area contributed by atoms with Crippen molar-refractivity contribution in [3.8, 4) is 0 Å². The van der Waals surface area contributed by atoms with Gasteiger partial charge >= 0.3 is 5.97 Å². The molecule has 0 aliphatic heterocycles. The molecule has 7 heteroatoms. The maximum atomic E-state index is 10.9. The van der Waals surface area contributed by atoms with Crippen LogP contribution in [-0.4, -0.2) is 20.0 Å². The van der Waals surface area contributed by atoms with E-state index in [0.717, 1.165) is 0 Å². The van der Waals surface area contributed by atoms with Crippen LogP contribution in [-0.2, 0) is 9.53 Å². The van der Waals surface area contributed by atoms with E-state index in [4.69, 9.17) is 34.8 Å². The Balaban J connectivity index is 4.02. The van der Waals surface area contributed by atoms with Crippen LogP contribution >= 0.6 is 63.4 Å². The molecule has 0 fully saturated rings. The second-order valence-electron chi connectivity index (χ2n) is 1.98. The summed E-state index contributed by atoms with van der Waals surface area (Å²) in [4.78, 5) is 10.7. The van der Waals surface area contributed by atoms with Gasteiger partial charge in [-0.3, -0.25) is 0 Å². The number of halogens is 4. The average molecular weight is 316 g/mol. The molecule has 0 rings (SSSR count). The normalized spacial score (nSPS) is 16.8. The summed E-state index contributed by atoms with van der Waals surface area (Å²) in [6.45, 7) is 1.72. The molecule has 0 aromatic carbocycles. The second kappa shape index (κ2) is 5.15. The molecule has 2 unspecified atom stereocenters. The Hall–Kier alpha value is 1.17. The molecule has 12 heavy (non-hydrogen) atoms. The molecule has 0 aliphatic carbocycles. The Morgan fingerprint density at radius 2 is 2.08 bits per heavy atom. The molecule has 0 aromatic rings. The molecule has 0 amide bonds. The fraction of sp³-hybridized carbons (Fsp3) is 0.800. The molecule has 0 radical (unpaired) electrons. The first-order valence-corrected chi connectivity index (χ1v) is 5.40. The summed E-state index contributed by atoms with van der Waals surface area (Å²) in [7, 11) is 0. The minimum Gasteiger partial charge on any atom is -0.442 e. The van der Waals surface area contributed by atoms with E-state index in [9.17, 15) is 4.79 Å². The van der Waals surface area contributed by atoms with Gasteiger partial charge in [0.15, 0.2) is 5.56 Å². The molecule has 2 atom stereocenters. The summed E-state index contributed by atoms with van der Waals surface area (Å²) < 4.78 is 2.76. The third-order valence-corrected chi connectivity index (χ3v) is 2.57. The zero-order valence-electron chi connectivity index (χ0n) is 5.93. The van der Waals surface area contributed by atoms with E-state index in [-0.39, 0.29) is 4.83 Å². The molecule has 0 spiro atoms. The molecule has 0 aromatic heterocycles. The van der Waals surface area contributed by atoms with Gasteiger partial charge in [-0.25, -0.2) is 4.79 Å². The van der Waals surface area contributed by atoms with Crippen molar-refractivity contribution in [3.63, 3.8) is 0 Å². The lowest BCUT2D eigenvalue weighted by Gasteiger charge is -2.17. The summed E-state index contributed by atoms with van der Waals surface area (Å²) in [5.74, 6) is -0.888. The fourth-order valence-electron chi connectivity index (χ4n) is 0.267. The maximum Gasteiger partial charge on any atom is 0.354 e. The van der Waals surface area contributed by atoms with Crippen molar-refractivity contribution in [2.24, 2.45) is 0 Å². The largest absolute Gasteiger partial charge is 0.442 e. The summed E-state index contributed by atoms with van der Waals surface area (Å²) in [5, 5.41) is 0. The topological polar surface area (TPSA) is 26.3 Å². The number of hydrogen-bond acceptors (Lipinski definition) is 3. The summed E-state index contributed by atoms with van der Waals surface area (Å²) in [6.07, 6.45) is 0. The molecular weight excluding hydrogens is 310 g/mol. The minimum absolute atomic E-state index is 0.188. The van der Waals surface area contributed by atoms with Gasteiger partial charge in [0, 0.05) is 0 Å². The van der Waals surface area contributed by atoms with Crippen molar-refractivity contribution in [1.29, 1.82) is 0 Å². The third kappa shape index (κ3) is 5.02. The number of alkyl halides is 4. The number of hydrogen-bond donors (Lipinski definition) is 1. The lowest BCUT2D eigenvalue weighted by atomic mass is 10.5. The number of carbonyl (C=O) groups excluding carboxylic acids is 1. The maximum absolute atomic E-state index is 10.9. The van der Waals surface area contributed by atoms with Gasteiger partial charge in [0.2, 0.25) is 0 Å². The van der Waals surface area contributed by atoms with E-state index in [2.05, 4.69) is 33.3 Å². The highest BCUT2D eigenvalue weighted by atomic mass is 79.9. The molecule has 0 N–H and O–H groups in total. The van der Waals surface area contributed by atoms with Crippen LogP contribution in [0.4, 0.5) is 0 Å². The third-order valence-electron chi connectivity index (χ3n) is 0.826. The Bertz CT molecular complexity index is 171. The Labute approximate surface area is 99.4 Å². The molecule has 2 nitrogen and oxygen atoms in total. The van der Waals surface area contributed by atoms with E-state index in [0.29, 0.717) is 0 Å². The molecule has 0 aliphatic rings. The molecule has 72 valence electrons. The van der Waals surface area contributed by atoms with E-state index in [1.165, 1.54) is 0 Å². The lowest BCUT2D eigenvalue weighted by Crippen LogP contribution is -2.28. The smallest absolute Gasteiger partial charge is 0.354 e. The highest BCUT2D eigenvalue weighted by Crippen LogP contribution is 2.28. The number of rotatable bonds is 3. The van der Waals surface area contributed by atoms with Gasteiger partial charge in [0.1, 0.15) is 0 Å². The predicted octanol–water partition coefficient (Wildman–Crippen LogP) is 2.94. The molecule has 0 bridgehead atoms. The van der Waals surface area contributed by atoms with Crippen LogP contribution in [0, 0.1) is 0 Å². The average Bonchev–Trinajstić information content (AvgIpc) is 1.85. The molecular formula is C5H6BrCl3O2S. The molecule has 0 heterocycles. The Morgan fingerprint density at radius 1 is 1.67 bits per heavy atom. The van der Waals surface area contributed by atoms with E-state index < -0.39 is 15.2 Å². The second-order valence-corrected chi connectivity index (χ2v) is 6.37. The number of ether oxygens (including phenoxy) is 1. The van der Waals surface area contributed by atoms with Crippen LogP contribution in [0.2, 0.25) is 0 Å². The van der Waals surface area contributed by atoms with Crippen molar-refractivity contribution in [2.75, 3.05) is 0 Å². The first-order valence-electron chi connectivity index (χ1n) is 2.84. The zero-order chi connectivity index (χ0) is 9.94. The van der Waals surface area contributed by atoms with Crippen LogP contribution in [0.5, 0.6) is 0 Å². The van der Waals surface area contributed by atoms with Crippen LogP contribution in [0.15, 0.2) is 0 Å². The minimum atomic E-state index is -1.85. The Morgan fingerprint density at radius 3 is 2.33 bits per heavy atom. The van der Waals surface area contributed by atoms with Crippen molar-refractivity contribution in [2.45, 2.75) is 21.0 Å². The SMILES string of the molecule is CC(Br)C(Cl)OC(=O)C(S)(Cl)Cl. The van der Waals surface area contributed by atoms with Crippen LogP contribution in [0.3, 0.4) is 0 Å². The van der Waals surface area contributed by atoms with Crippen LogP contribution in [0.25, 0.3) is 0 Å². The lowest BCUT2D eigenvalue weighted by molar-refractivity contribution is -0.143. The van der Waals surface area contributed by atoms with Crippen molar-refractivity contribution in [1.82, 2.24) is 0 Å². The quantitative estimate of drug-likeness (QED) is 0.492. The van der Waals surface area contributed by atoms with Gasteiger partial charge in [0.05, 0.1) is 4.83 Å². The van der Waals surface area contributed by atoms with Crippen molar-refractivity contribution in [3.05, 3.63) is 0 Å². The standard InChI is InChI=1S/C5H6BrCl3O2S/c1-2(6)3(7)11-4(10)5(8,9)12/h2-3,12H,1H3. The van der Waals surface area contributed by atoms with Gasteiger partial charge in [-0.1, -0.05) is 50.7 Å². The van der Waals surface area contributed by atoms with Crippen LogP contribution in [0.1, 0.15) is 6.92 Å². The van der Waals surface area contributed by atoms with Crippen molar-refractivity contribution < 1.29 is 9.53 Å². The van der Waals surface area contributed by atoms with E-state index in [1.54, 1.807) is 6.92 Å². The zero-order valence-corrected chi connectivity index (χ0v) is 10.7. The fourth-order valence-corrected chi connectivity index (χ4v) is 0.598. The molecule has 0 saturated heterocycles. The molecule has 0 saturated carbocycles. The number of esters is 1. The number of carbonyl (C=O) groups is 1. The summed E-state index contributed by atoms with van der Waals surface area (Å²) >= 11 is 22.9. The van der Waals surface area contributed by atoms with Crippen molar-refractivity contribution >= 4 is 69.3 Å².